The first-order valence-electron chi connectivity index (χ1n) is 6.05. The number of anilines is 1. The molecule has 2 aromatic rings. The van der Waals surface area contributed by atoms with Crippen molar-refractivity contribution in [3.63, 3.8) is 0 Å². The first-order chi connectivity index (χ1) is 9.60. The maximum Gasteiger partial charge on any atom is 0.244 e. The molecule has 0 saturated carbocycles. The lowest BCUT2D eigenvalue weighted by molar-refractivity contribution is -0.118. The van der Waals surface area contributed by atoms with E-state index in [0.717, 1.165) is 17.0 Å². The summed E-state index contributed by atoms with van der Waals surface area (Å²) >= 11 is 5.92. The molecule has 0 aliphatic rings. The van der Waals surface area contributed by atoms with Crippen LogP contribution in [0.5, 0.6) is 5.75 Å². The quantitative estimate of drug-likeness (QED) is 0.890. The van der Waals surface area contributed by atoms with Crippen molar-refractivity contribution in [2.45, 2.75) is 6.04 Å². The van der Waals surface area contributed by atoms with Gasteiger partial charge in [-0.2, -0.15) is 0 Å². The van der Waals surface area contributed by atoms with Crippen LogP contribution in [0.1, 0.15) is 11.6 Å². The zero-order chi connectivity index (χ0) is 14.5. The van der Waals surface area contributed by atoms with Crippen LogP contribution in [0.3, 0.4) is 0 Å². The fraction of sp³-hybridized carbons (Fsp3) is 0.133. The fourth-order valence-electron chi connectivity index (χ4n) is 1.86. The summed E-state index contributed by atoms with van der Waals surface area (Å²) < 4.78 is 5.09. The van der Waals surface area contributed by atoms with E-state index < -0.39 is 11.9 Å². The van der Waals surface area contributed by atoms with E-state index in [9.17, 15) is 4.79 Å². The van der Waals surface area contributed by atoms with Crippen LogP contribution in [-0.2, 0) is 4.79 Å². The Hall–Kier alpha value is -2.20. The second-order valence-corrected chi connectivity index (χ2v) is 4.70. The Balaban J connectivity index is 2.24. The number of hydrogen-bond donors (Lipinski definition) is 2. The number of rotatable bonds is 5. The third-order valence-corrected chi connectivity index (χ3v) is 3.10. The molecule has 104 valence electrons. The SMILES string of the molecule is COc1ccc(C(Nc2cccc(Cl)c2)C(N)=O)cc1. The second-order valence-electron chi connectivity index (χ2n) is 4.26. The van der Waals surface area contributed by atoms with Crippen molar-refractivity contribution in [2.75, 3.05) is 12.4 Å². The minimum absolute atomic E-state index is 0.463. The fourth-order valence-corrected chi connectivity index (χ4v) is 2.05. The molecule has 2 rings (SSSR count). The number of methoxy groups -OCH3 is 1. The highest BCUT2D eigenvalue weighted by molar-refractivity contribution is 6.30. The maximum absolute atomic E-state index is 11.6. The van der Waals surface area contributed by atoms with Gasteiger partial charge in [-0.05, 0) is 35.9 Å². The lowest BCUT2D eigenvalue weighted by Gasteiger charge is -2.17. The summed E-state index contributed by atoms with van der Waals surface area (Å²) in [6, 6.07) is 13.7. The van der Waals surface area contributed by atoms with Crippen LogP contribution >= 0.6 is 11.6 Å². The molecule has 0 aliphatic carbocycles. The van der Waals surface area contributed by atoms with E-state index in [0.29, 0.717) is 5.02 Å². The summed E-state index contributed by atoms with van der Waals surface area (Å²) in [6.07, 6.45) is 0. The van der Waals surface area contributed by atoms with Gasteiger partial charge in [-0.15, -0.1) is 0 Å². The van der Waals surface area contributed by atoms with Gasteiger partial charge in [-0.3, -0.25) is 4.79 Å². The van der Waals surface area contributed by atoms with Crippen molar-refractivity contribution in [1.82, 2.24) is 0 Å². The van der Waals surface area contributed by atoms with Gasteiger partial charge in [0.25, 0.3) is 0 Å². The molecular weight excluding hydrogens is 276 g/mol. The average Bonchev–Trinajstić information content (AvgIpc) is 2.45. The smallest absolute Gasteiger partial charge is 0.244 e. The van der Waals surface area contributed by atoms with Crippen LogP contribution in [-0.4, -0.2) is 13.0 Å². The van der Waals surface area contributed by atoms with E-state index in [1.807, 2.05) is 6.07 Å². The zero-order valence-electron chi connectivity index (χ0n) is 11.0. The van der Waals surface area contributed by atoms with E-state index in [1.54, 1.807) is 49.6 Å². The van der Waals surface area contributed by atoms with Crippen molar-refractivity contribution in [2.24, 2.45) is 5.73 Å². The number of nitrogens with two attached hydrogens (primary N) is 1. The average molecular weight is 291 g/mol. The summed E-state index contributed by atoms with van der Waals surface area (Å²) in [5.41, 5.74) is 6.96. The molecule has 3 N–H and O–H groups in total. The van der Waals surface area contributed by atoms with E-state index in [2.05, 4.69) is 5.32 Å². The molecule has 0 radical (unpaired) electrons. The van der Waals surface area contributed by atoms with Gasteiger partial charge >= 0.3 is 0 Å². The van der Waals surface area contributed by atoms with Gasteiger partial charge in [0, 0.05) is 10.7 Å². The first-order valence-corrected chi connectivity index (χ1v) is 6.43. The molecular formula is C15H15ClN2O2. The Kier molecular flexibility index (Phi) is 4.48. The third kappa shape index (κ3) is 3.42. The van der Waals surface area contributed by atoms with Crippen molar-refractivity contribution < 1.29 is 9.53 Å². The van der Waals surface area contributed by atoms with Crippen molar-refractivity contribution >= 4 is 23.2 Å². The molecule has 0 bridgehead atoms. The van der Waals surface area contributed by atoms with Gasteiger partial charge in [0.15, 0.2) is 0 Å². The summed E-state index contributed by atoms with van der Waals surface area (Å²) in [7, 11) is 1.59. The summed E-state index contributed by atoms with van der Waals surface area (Å²) in [6.45, 7) is 0. The highest BCUT2D eigenvalue weighted by Crippen LogP contribution is 2.23. The van der Waals surface area contributed by atoms with Crippen LogP contribution in [0.15, 0.2) is 48.5 Å². The summed E-state index contributed by atoms with van der Waals surface area (Å²) in [5.74, 6) is 0.259. The molecule has 0 aliphatic heterocycles. The Bertz CT molecular complexity index is 599. The largest absolute Gasteiger partial charge is 0.497 e. The number of benzene rings is 2. The number of carbonyl (C=O) groups is 1. The standard InChI is InChI=1S/C15H15ClN2O2/c1-20-13-7-5-10(6-8-13)14(15(17)19)18-12-4-2-3-11(16)9-12/h2-9,14,18H,1H3,(H2,17,19). The molecule has 0 fully saturated rings. The molecule has 5 heteroatoms. The number of hydrogen-bond acceptors (Lipinski definition) is 3. The Morgan fingerprint density at radius 3 is 2.50 bits per heavy atom. The van der Waals surface area contributed by atoms with E-state index in [1.165, 1.54) is 0 Å². The number of primary amides is 1. The Morgan fingerprint density at radius 2 is 1.95 bits per heavy atom. The molecule has 0 heterocycles. The van der Waals surface area contributed by atoms with Crippen LogP contribution < -0.4 is 15.8 Å². The van der Waals surface area contributed by atoms with Crippen LogP contribution in [0, 0.1) is 0 Å². The molecule has 1 unspecified atom stereocenters. The predicted octanol–water partition coefficient (Wildman–Crippen LogP) is 2.99. The molecule has 2 aromatic carbocycles. The molecule has 0 saturated heterocycles. The molecule has 1 amide bonds. The predicted molar refractivity (Wildman–Crippen MR) is 80.0 cm³/mol. The van der Waals surface area contributed by atoms with E-state index in [4.69, 9.17) is 22.1 Å². The summed E-state index contributed by atoms with van der Waals surface area (Å²) in [4.78, 5) is 11.6. The van der Waals surface area contributed by atoms with Crippen LogP contribution in [0.2, 0.25) is 5.02 Å². The lowest BCUT2D eigenvalue weighted by Crippen LogP contribution is -2.27. The molecule has 0 spiro atoms. The Morgan fingerprint density at radius 1 is 1.25 bits per heavy atom. The van der Waals surface area contributed by atoms with Crippen LogP contribution in [0.4, 0.5) is 5.69 Å². The maximum atomic E-state index is 11.6. The number of halogens is 1. The van der Waals surface area contributed by atoms with E-state index in [-0.39, 0.29) is 0 Å². The first kappa shape index (κ1) is 14.2. The van der Waals surface area contributed by atoms with Crippen molar-refractivity contribution in [3.05, 3.63) is 59.1 Å². The highest BCUT2D eigenvalue weighted by Gasteiger charge is 2.17. The molecule has 20 heavy (non-hydrogen) atoms. The minimum Gasteiger partial charge on any atom is -0.497 e. The number of carbonyl (C=O) groups excluding carboxylic acids is 1. The Labute approximate surface area is 122 Å². The van der Waals surface area contributed by atoms with Gasteiger partial charge in [-0.1, -0.05) is 29.8 Å². The van der Waals surface area contributed by atoms with Gasteiger partial charge in [0.2, 0.25) is 5.91 Å². The van der Waals surface area contributed by atoms with Crippen molar-refractivity contribution in [1.29, 1.82) is 0 Å². The van der Waals surface area contributed by atoms with Crippen molar-refractivity contribution in [3.8, 4) is 5.75 Å². The zero-order valence-corrected chi connectivity index (χ0v) is 11.7. The highest BCUT2D eigenvalue weighted by atomic mass is 35.5. The van der Waals surface area contributed by atoms with Crippen LogP contribution in [0.25, 0.3) is 0 Å². The summed E-state index contributed by atoms with van der Waals surface area (Å²) in [5, 5.41) is 3.66. The normalized spacial score (nSPS) is 11.7. The van der Waals surface area contributed by atoms with Gasteiger partial charge in [0.05, 0.1) is 7.11 Å². The topological polar surface area (TPSA) is 64.3 Å². The lowest BCUT2D eigenvalue weighted by atomic mass is 10.1. The molecule has 4 nitrogen and oxygen atoms in total. The number of amides is 1. The minimum atomic E-state index is -0.626. The van der Waals surface area contributed by atoms with E-state index >= 15 is 0 Å². The monoisotopic (exact) mass is 290 g/mol. The second kappa shape index (κ2) is 6.30. The van der Waals surface area contributed by atoms with Gasteiger partial charge < -0.3 is 15.8 Å². The number of ether oxygens (including phenoxy) is 1. The molecule has 0 aromatic heterocycles. The number of nitrogens with one attached hydrogen (secondary N) is 1. The third-order valence-electron chi connectivity index (χ3n) is 2.87. The van der Waals surface area contributed by atoms with Gasteiger partial charge in [-0.25, -0.2) is 0 Å². The molecule has 1 atom stereocenters. The van der Waals surface area contributed by atoms with Gasteiger partial charge in [0.1, 0.15) is 11.8 Å².